The van der Waals surface area contributed by atoms with Gasteiger partial charge in [-0.1, -0.05) is 49.1 Å². The molecule has 1 aliphatic rings. The summed E-state index contributed by atoms with van der Waals surface area (Å²) in [5.41, 5.74) is 4.05. The van der Waals surface area contributed by atoms with Gasteiger partial charge in [0.05, 0.1) is 11.6 Å². The van der Waals surface area contributed by atoms with E-state index >= 15 is 0 Å². The molecule has 0 spiro atoms. The second-order valence-electron chi connectivity index (χ2n) is 6.28. The van der Waals surface area contributed by atoms with Crippen LogP contribution in [0.15, 0.2) is 18.2 Å². The number of hydrogen-bond donors (Lipinski definition) is 1. The van der Waals surface area contributed by atoms with Gasteiger partial charge in [-0.25, -0.2) is 0 Å². The smallest absolute Gasteiger partial charge is 0.0872 e. The summed E-state index contributed by atoms with van der Waals surface area (Å²) in [7, 11) is 1.88. The first-order chi connectivity index (χ1) is 9.61. The maximum absolute atomic E-state index is 6.03. The van der Waals surface area contributed by atoms with Crippen LogP contribution in [0.4, 0.5) is 0 Å². The maximum atomic E-state index is 6.03. The molecule has 0 radical (unpaired) electrons. The highest BCUT2D eigenvalue weighted by Gasteiger charge is 2.42. The fraction of sp³-hybridized carbons (Fsp3) is 0.667. The Morgan fingerprint density at radius 1 is 1.15 bits per heavy atom. The van der Waals surface area contributed by atoms with Gasteiger partial charge in [0, 0.05) is 7.11 Å². The summed E-state index contributed by atoms with van der Waals surface area (Å²) in [5.74, 6) is 0. The lowest BCUT2D eigenvalue weighted by Crippen LogP contribution is -2.44. The topological polar surface area (TPSA) is 21.3 Å². The molecule has 20 heavy (non-hydrogen) atoms. The van der Waals surface area contributed by atoms with E-state index in [9.17, 15) is 0 Å². The van der Waals surface area contributed by atoms with Crippen molar-refractivity contribution >= 4 is 0 Å². The molecule has 1 fully saturated rings. The van der Waals surface area contributed by atoms with Crippen LogP contribution >= 0.6 is 0 Å². The summed E-state index contributed by atoms with van der Waals surface area (Å²) >= 11 is 0. The summed E-state index contributed by atoms with van der Waals surface area (Å²) in [4.78, 5) is 0. The first-order valence-corrected chi connectivity index (χ1v) is 7.98. The van der Waals surface area contributed by atoms with E-state index in [1.54, 1.807) is 0 Å². The van der Waals surface area contributed by atoms with Gasteiger partial charge in [0.25, 0.3) is 0 Å². The molecular weight excluding hydrogens is 246 g/mol. The van der Waals surface area contributed by atoms with E-state index in [0.29, 0.717) is 6.04 Å². The molecule has 2 nitrogen and oxygen atoms in total. The number of nitrogens with one attached hydrogen (secondary N) is 1. The largest absolute Gasteiger partial charge is 0.376 e. The molecule has 1 saturated carbocycles. The predicted molar refractivity (Wildman–Crippen MR) is 85.2 cm³/mol. The van der Waals surface area contributed by atoms with E-state index < -0.39 is 0 Å². The van der Waals surface area contributed by atoms with Gasteiger partial charge in [-0.15, -0.1) is 0 Å². The van der Waals surface area contributed by atoms with Crippen molar-refractivity contribution in [1.82, 2.24) is 5.32 Å². The van der Waals surface area contributed by atoms with Crippen LogP contribution in [0.2, 0.25) is 0 Å². The van der Waals surface area contributed by atoms with Crippen molar-refractivity contribution in [2.45, 2.75) is 64.5 Å². The minimum absolute atomic E-state index is 0.0184. The molecule has 0 saturated heterocycles. The predicted octanol–water partition coefficient (Wildman–Crippen LogP) is 4.30. The number of benzene rings is 1. The van der Waals surface area contributed by atoms with Crippen molar-refractivity contribution in [3.8, 4) is 0 Å². The fourth-order valence-corrected chi connectivity index (χ4v) is 3.66. The lowest BCUT2D eigenvalue weighted by Gasteiger charge is -2.37. The molecule has 1 aromatic carbocycles. The molecule has 1 aliphatic carbocycles. The van der Waals surface area contributed by atoms with Crippen LogP contribution < -0.4 is 5.32 Å². The molecule has 0 amide bonds. The Morgan fingerprint density at radius 2 is 1.75 bits per heavy atom. The van der Waals surface area contributed by atoms with E-state index in [-0.39, 0.29) is 5.60 Å². The number of hydrogen-bond acceptors (Lipinski definition) is 2. The molecular formula is C18H29NO. The molecule has 0 aromatic heterocycles. The second-order valence-corrected chi connectivity index (χ2v) is 6.28. The van der Waals surface area contributed by atoms with E-state index in [0.717, 1.165) is 25.8 Å². The lowest BCUT2D eigenvalue weighted by atomic mass is 9.85. The third-order valence-corrected chi connectivity index (χ3v) is 4.56. The zero-order chi connectivity index (χ0) is 14.6. The normalized spacial score (nSPS) is 19.2. The molecule has 1 N–H and O–H groups in total. The Morgan fingerprint density at radius 3 is 2.25 bits per heavy atom. The van der Waals surface area contributed by atoms with E-state index in [2.05, 4.69) is 44.3 Å². The van der Waals surface area contributed by atoms with E-state index in [1.807, 2.05) is 7.11 Å². The van der Waals surface area contributed by atoms with Crippen molar-refractivity contribution in [2.24, 2.45) is 0 Å². The highest BCUT2D eigenvalue weighted by molar-refractivity contribution is 5.32. The monoisotopic (exact) mass is 275 g/mol. The van der Waals surface area contributed by atoms with Gasteiger partial charge < -0.3 is 10.1 Å². The SMILES string of the molecule is CCCNC(c1cc(C)cc(C)c1)C1(OC)CCCC1. The van der Waals surface area contributed by atoms with Crippen molar-refractivity contribution < 1.29 is 4.74 Å². The highest BCUT2D eigenvalue weighted by atomic mass is 16.5. The summed E-state index contributed by atoms with van der Waals surface area (Å²) < 4.78 is 6.03. The molecule has 0 heterocycles. The van der Waals surface area contributed by atoms with Crippen LogP contribution in [0.1, 0.15) is 61.8 Å². The lowest BCUT2D eigenvalue weighted by molar-refractivity contribution is -0.0367. The van der Waals surface area contributed by atoms with Gasteiger partial charge in [0.2, 0.25) is 0 Å². The molecule has 112 valence electrons. The van der Waals surface area contributed by atoms with Crippen molar-refractivity contribution in [1.29, 1.82) is 0 Å². The second kappa shape index (κ2) is 6.73. The van der Waals surface area contributed by atoms with Crippen LogP contribution in [0.5, 0.6) is 0 Å². The minimum Gasteiger partial charge on any atom is -0.376 e. The van der Waals surface area contributed by atoms with Gasteiger partial charge in [-0.3, -0.25) is 0 Å². The molecule has 1 atom stereocenters. The van der Waals surface area contributed by atoms with Crippen LogP contribution in [-0.4, -0.2) is 19.3 Å². The average Bonchev–Trinajstić information content (AvgIpc) is 2.88. The molecule has 2 heteroatoms. The quantitative estimate of drug-likeness (QED) is 0.835. The number of aryl methyl sites for hydroxylation is 2. The molecule has 1 aromatic rings. The van der Waals surface area contributed by atoms with E-state index in [4.69, 9.17) is 4.74 Å². The molecule has 2 rings (SSSR count). The van der Waals surface area contributed by atoms with Gasteiger partial charge in [0.15, 0.2) is 0 Å². The molecule has 0 aliphatic heterocycles. The Kier molecular flexibility index (Phi) is 5.22. The fourth-order valence-electron chi connectivity index (χ4n) is 3.66. The summed E-state index contributed by atoms with van der Waals surface area (Å²) in [6, 6.07) is 7.20. The van der Waals surface area contributed by atoms with Crippen LogP contribution in [0, 0.1) is 13.8 Å². The van der Waals surface area contributed by atoms with Gasteiger partial charge in [0.1, 0.15) is 0 Å². The zero-order valence-corrected chi connectivity index (χ0v) is 13.5. The first kappa shape index (κ1) is 15.5. The van der Waals surface area contributed by atoms with Gasteiger partial charge >= 0.3 is 0 Å². The van der Waals surface area contributed by atoms with Gasteiger partial charge in [-0.05, 0) is 45.2 Å². The van der Waals surface area contributed by atoms with Crippen LogP contribution in [0.25, 0.3) is 0 Å². The van der Waals surface area contributed by atoms with Gasteiger partial charge in [-0.2, -0.15) is 0 Å². The Bertz CT molecular complexity index is 415. The average molecular weight is 275 g/mol. The molecule has 1 unspecified atom stereocenters. The van der Waals surface area contributed by atoms with Crippen LogP contribution in [0.3, 0.4) is 0 Å². The maximum Gasteiger partial charge on any atom is 0.0872 e. The third-order valence-electron chi connectivity index (χ3n) is 4.56. The highest BCUT2D eigenvalue weighted by Crippen LogP contribution is 2.42. The Labute approximate surface area is 123 Å². The Balaban J connectivity index is 2.35. The first-order valence-electron chi connectivity index (χ1n) is 7.98. The zero-order valence-electron chi connectivity index (χ0n) is 13.5. The Hall–Kier alpha value is -0.860. The summed E-state index contributed by atoms with van der Waals surface area (Å²) in [5, 5.41) is 3.75. The van der Waals surface area contributed by atoms with Crippen molar-refractivity contribution in [2.75, 3.05) is 13.7 Å². The minimum atomic E-state index is -0.0184. The number of methoxy groups -OCH3 is 1. The van der Waals surface area contributed by atoms with E-state index in [1.165, 1.54) is 29.5 Å². The van der Waals surface area contributed by atoms with Crippen molar-refractivity contribution in [3.63, 3.8) is 0 Å². The third kappa shape index (κ3) is 3.24. The number of rotatable bonds is 6. The summed E-state index contributed by atoms with van der Waals surface area (Å²) in [6.45, 7) is 7.63. The molecule has 0 bridgehead atoms. The van der Waals surface area contributed by atoms with Crippen molar-refractivity contribution in [3.05, 3.63) is 34.9 Å². The summed E-state index contributed by atoms with van der Waals surface area (Å²) in [6.07, 6.45) is 6.04. The number of ether oxygens (including phenoxy) is 1. The standard InChI is InChI=1S/C18H29NO/c1-5-10-19-17(18(20-4)8-6-7-9-18)16-12-14(2)11-15(3)13-16/h11-13,17,19H,5-10H2,1-4H3. The van der Waals surface area contributed by atoms with Crippen LogP contribution in [-0.2, 0) is 4.74 Å².